The first-order valence-electron chi connectivity index (χ1n) is 8.03. The quantitative estimate of drug-likeness (QED) is 0.756. The maximum Gasteiger partial charge on any atom is 0.234 e. The summed E-state index contributed by atoms with van der Waals surface area (Å²) in [6.45, 7) is 0. The van der Waals surface area contributed by atoms with E-state index in [0.717, 1.165) is 21.9 Å². The van der Waals surface area contributed by atoms with E-state index in [0.29, 0.717) is 12.1 Å². The van der Waals surface area contributed by atoms with E-state index >= 15 is 0 Å². The van der Waals surface area contributed by atoms with Gasteiger partial charge >= 0.3 is 0 Å². The van der Waals surface area contributed by atoms with Crippen molar-refractivity contribution in [3.05, 3.63) is 42.5 Å². The van der Waals surface area contributed by atoms with Crippen LogP contribution in [-0.4, -0.2) is 36.8 Å². The molecule has 4 rings (SSSR count). The third-order valence-corrected chi connectivity index (χ3v) is 7.58. The van der Waals surface area contributed by atoms with Gasteiger partial charge in [-0.2, -0.15) is 0 Å². The Morgan fingerprint density at radius 3 is 2.76 bits per heavy atom. The van der Waals surface area contributed by atoms with Crippen LogP contribution in [0.25, 0.3) is 21.9 Å². The van der Waals surface area contributed by atoms with Crippen LogP contribution in [0.15, 0.2) is 46.9 Å². The molecule has 1 atom stereocenters. The van der Waals surface area contributed by atoms with Crippen molar-refractivity contribution in [3.8, 4) is 0 Å². The first-order valence-corrected chi connectivity index (χ1v) is 10.9. The number of nitrogens with one attached hydrogen (secondary N) is 1. The monoisotopic (exact) mass is 375 g/mol. The van der Waals surface area contributed by atoms with Crippen molar-refractivity contribution < 1.29 is 17.6 Å². The Morgan fingerprint density at radius 2 is 1.96 bits per heavy atom. The molecule has 1 amide bonds. The summed E-state index contributed by atoms with van der Waals surface area (Å²) in [4.78, 5) is 12.1. The Kier molecular flexibility index (Phi) is 4.21. The number of sulfone groups is 1. The number of rotatable bonds is 4. The summed E-state index contributed by atoms with van der Waals surface area (Å²) in [5.41, 5.74) is 2.23. The van der Waals surface area contributed by atoms with Crippen molar-refractivity contribution in [2.24, 2.45) is 0 Å². The lowest BCUT2D eigenvalue weighted by atomic mass is 10.1. The number of benzene rings is 2. The fourth-order valence-corrected chi connectivity index (χ4v) is 6.53. The van der Waals surface area contributed by atoms with Gasteiger partial charge in [-0.3, -0.25) is 4.79 Å². The second kappa shape index (κ2) is 6.38. The average molecular weight is 375 g/mol. The lowest BCUT2D eigenvalue weighted by Gasteiger charge is -2.08. The molecule has 0 bridgehead atoms. The molecule has 1 fully saturated rings. The van der Waals surface area contributed by atoms with Crippen LogP contribution in [0, 0.1) is 0 Å². The lowest BCUT2D eigenvalue weighted by molar-refractivity contribution is -0.113. The fourth-order valence-electron chi connectivity index (χ4n) is 3.09. The zero-order valence-corrected chi connectivity index (χ0v) is 15.0. The molecule has 3 aromatic rings. The predicted octanol–water partition coefficient (Wildman–Crippen LogP) is 3.44. The van der Waals surface area contributed by atoms with Gasteiger partial charge in [0.25, 0.3) is 0 Å². The molecule has 130 valence electrons. The van der Waals surface area contributed by atoms with Crippen LogP contribution in [0.1, 0.15) is 6.42 Å². The van der Waals surface area contributed by atoms with Crippen LogP contribution in [0.4, 0.5) is 5.69 Å². The highest BCUT2D eigenvalue weighted by Crippen LogP contribution is 2.30. The molecule has 2 heterocycles. The van der Waals surface area contributed by atoms with E-state index in [-0.39, 0.29) is 28.4 Å². The van der Waals surface area contributed by atoms with Gasteiger partial charge in [-0.1, -0.05) is 18.2 Å². The van der Waals surface area contributed by atoms with Crippen molar-refractivity contribution in [1.29, 1.82) is 0 Å². The van der Waals surface area contributed by atoms with E-state index in [4.69, 9.17) is 4.42 Å². The molecule has 1 saturated heterocycles. The van der Waals surface area contributed by atoms with Crippen molar-refractivity contribution in [1.82, 2.24) is 0 Å². The van der Waals surface area contributed by atoms with E-state index in [1.807, 2.05) is 42.5 Å². The van der Waals surface area contributed by atoms with Crippen LogP contribution >= 0.6 is 11.8 Å². The number of carbonyl (C=O) groups is 1. The predicted molar refractivity (Wildman–Crippen MR) is 102 cm³/mol. The molecule has 0 saturated carbocycles. The van der Waals surface area contributed by atoms with Crippen molar-refractivity contribution in [2.75, 3.05) is 22.6 Å². The molecule has 0 spiro atoms. The summed E-state index contributed by atoms with van der Waals surface area (Å²) < 4.78 is 28.7. The second-order valence-corrected chi connectivity index (χ2v) is 9.71. The topological polar surface area (TPSA) is 76.4 Å². The molecule has 25 heavy (non-hydrogen) atoms. The number of hydrogen-bond donors (Lipinski definition) is 1. The number of fused-ring (bicyclic) bond motifs is 3. The van der Waals surface area contributed by atoms with Gasteiger partial charge in [0.05, 0.1) is 17.3 Å². The number of carbonyl (C=O) groups excluding carboxylic acids is 1. The highest BCUT2D eigenvalue weighted by atomic mass is 32.2. The Balaban J connectivity index is 1.43. The summed E-state index contributed by atoms with van der Waals surface area (Å²) in [5, 5.41) is 4.94. The van der Waals surface area contributed by atoms with Gasteiger partial charge in [0.1, 0.15) is 11.2 Å². The van der Waals surface area contributed by atoms with Crippen LogP contribution in [0.5, 0.6) is 0 Å². The Bertz CT molecular complexity index is 1060. The normalized spacial score (nSPS) is 19.4. The average Bonchev–Trinajstić information content (AvgIpc) is 3.12. The van der Waals surface area contributed by atoms with Gasteiger partial charge in [0.2, 0.25) is 5.91 Å². The molecule has 7 heteroatoms. The molecular formula is C18H17NO4S2. The Hall–Kier alpha value is -1.99. The minimum atomic E-state index is -2.90. The number of furan rings is 1. The minimum Gasteiger partial charge on any atom is -0.456 e. The van der Waals surface area contributed by atoms with E-state index in [9.17, 15) is 13.2 Å². The minimum absolute atomic E-state index is 0.0219. The number of anilines is 1. The third-order valence-electron chi connectivity index (χ3n) is 4.30. The van der Waals surface area contributed by atoms with E-state index in [2.05, 4.69) is 5.32 Å². The highest BCUT2D eigenvalue weighted by molar-refractivity contribution is 8.02. The first kappa shape index (κ1) is 16.5. The van der Waals surface area contributed by atoms with Crippen LogP contribution in [0.3, 0.4) is 0 Å². The highest BCUT2D eigenvalue weighted by Gasteiger charge is 2.28. The number of hydrogen-bond acceptors (Lipinski definition) is 5. The molecule has 1 aliphatic rings. The Morgan fingerprint density at radius 1 is 1.16 bits per heavy atom. The largest absolute Gasteiger partial charge is 0.456 e. The van der Waals surface area contributed by atoms with Gasteiger partial charge in [-0.25, -0.2) is 8.42 Å². The van der Waals surface area contributed by atoms with Crippen molar-refractivity contribution in [2.45, 2.75) is 11.7 Å². The molecule has 0 aliphatic carbocycles. The van der Waals surface area contributed by atoms with Gasteiger partial charge in [-0.05, 0) is 24.6 Å². The zero-order chi connectivity index (χ0) is 17.4. The molecule has 1 aliphatic heterocycles. The number of para-hydroxylation sites is 1. The second-order valence-electron chi connectivity index (χ2n) is 6.19. The molecule has 1 aromatic heterocycles. The SMILES string of the molecule is O=C(CSC1CCS(=O)(=O)C1)Nc1ccc2c(c1)oc1ccccc12. The molecule has 1 N–H and O–H groups in total. The smallest absolute Gasteiger partial charge is 0.234 e. The first-order chi connectivity index (χ1) is 12.0. The van der Waals surface area contributed by atoms with Gasteiger partial charge < -0.3 is 9.73 Å². The van der Waals surface area contributed by atoms with Crippen molar-refractivity contribution >= 4 is 55.1 Å². The molecule has 2 aromatic carbocycles. The number of thioether (sulfide) groups is 1. The lowest BCUT2D eigenvalue weighted by Crippen LogP contribution is -2.17. The van der Waals surface area contributed by atoms with Crippen molar-refractivity contribution in [3.63, 3.8) is 0 Å². The molecular weight excluding hydrogens is 358 g/mol. The van der Waals surface area contributed by atoms with E-state index in [1.54, 1.807) is 0 Å². The van der Waals surface area contributed by atoms with Crippen LogP contribution in [0.2, 0.25) is 0 Å². The summed E-state index contributed by atoms with van der Waals surface area (Å²) in [6.07, 6.45) is 0.630. The molecule has 5 nitrogen and oxygen atoms in total. The Labute approximate surface area is 149 Å². The van der Waals surface area contributed by atoms with Crippen LogP contribution < -0.4 is 5.32 Å². The maximum absolute atomic E-state index is 12.1. The number of amides is 1. The van der Waals surface area contributed by atoms with Gasteiger partial charge in [-0.15, -0.1) is 11.8 Å². The fraction of sp³-hybridized carbons (Fsp3) is 0.278. The molecule has 0 radical (unpaired) electrons. The zero-order valence-electron chi connectivity index (χ0n) is 13.4. The summed E-state index contributed by atoms with van der Waals surface area (Å²) in [6, 6.07) is 13.4. The van der Waals surface area contributed by atoms with Gasteiger partial charge in [0, 0.05) is 27.8 Å². The summed E-state index contributed by atoms with van der Waals surface area (Å²) >= 11 is 1.41. The maximum atomic E-state index is 12.1. The van der Waals surface area contributed by atoms with Gasteiger partial charge in [0.15, 0.2) is 9.84 Å². The van der Waals surface area contributed by atoms with E-state index < -0.39 is 9.84 Å². The third kappa shape index (κ3) is 3.52. The summed E-state index contributed by atoms with van der Waals surface area (Å²) in [7, 11) is -2.90. The van der Waals surface area contributed by atoms with Crippen LogP contribution in [-0.2, 0) is 14.6 Å². The standard InChI is InChI=1S/C18H17NO4S2/c20-18(10-24-13-7-8-25(21,22)11-13)19-12-5-6-15-14-3-1-2-4-16(14)23-17(15)9-12/h1-6,9,13H,7-8,10-11H2,(H,19,20). The summed E-state index contributed by atoms with van der Waals surface area (Å²) in [5.74, 6) is 0.522. The molecule has 1 unspecified atom stereocenters. The van der Waals surface area contributed by atoms with E-state index in [1.165, 1.54) is 11.8 Å².